The standard InChI is InChI=1S/C23H27N7OS/c1-3-16-12-17-18(31-11-10-29(17)2)13-19(16)32-23-28-20-21(24)26-14-27-22(20)30(23)9-6-15-4-7-25-8-5-15/h1,12-15,25H,4-11H2,2H3,(H2,24,26,27). The van der Waals surface area contributed by atoms with E-state index in [4.69, 9.17) is 21.9 Å². The number of aromatic nitrogens is 4. The highest BCUT2D eigenvalue weighted by atomic mass is 32.2. The summed E-state index contributed by atoms with van der Waals surface area (Å²) in [7, 11) is 2.05. The Morgan fingerprint density at radius 3 is 2.97 bits per heavy atom. The lowest BCUT2D eigenvalue weighted by molar-refractivity contribution is 0.310. The van der Waals surface area contributed by atoms with Crippen LogP contribution in [0.3, 0.4) is 0 Å². The smallest absolute Gasteiger partial charge is 0.175 e. The molecule has 2 aliphatic heterocycles. The van der Waals surface area contributed by atoms with Crippen LogP contribution in [0.15, 0.2) is 28.5 Å². The molecule has 2 aromatic heterocycles. The van der Waals surface area contributed by atoms with Crippen LogP contribution in [0, 0.1) is 18.3 Å². The zero-order valence-electron chi connectivity index (χ0n) is 18.2. The maximum atomic E-state index is 6.13. The molecule has 2 aliphatic rings. The molecule has 8 nitrogen and oxygen atoms in total. The number of nitrogen functional groups attached to an aromatic ring is 1. The molecule has 0 atom stereocenters. The average Bonchev–Trinajstić information content (AvgIpc) is 3.16. The number of nitrogens with one attached hydrogen (secondary N) is 1. The lowest BCUT2D eigenvalue weighted by Crippen LogP contribution is -2.28. The SMILES string of the molecule is C#Cc1cc2c(cc1Sc1nc3c(N)ncnc3n1CCC1CCNCC1)OCCN2C. The summed E-state index contributed by atoms with van der Waals surface area (Å²) in [5.41, 5.74) is 9.37. The summed E-state index contributed by atoms with van der Waals surface area (Å²) < 4.78 is 8.07. The van der Waals surface area contributed by atoms with E-state index in [1.165, 1.54) is 30.9 Å². The number of ether oxygens (including phenoxy) is 1. The summed E-state index contributed by atoms with van der Waals surface area (Å²) in [6, 6.07) is 4.05. The number of piperidine rings is 1. The molecule has 0 aliphatic carbocycles. The van der Waals surface area contributed by atoms with Gasteiger partial charge in [-0.1, -0.05) is 17.7 Å². The van der Waals surface area contributed by atoms with Crippen molar-refractivity contribution in [2.24, 2.45) is 5.92 Å². The van der Waals surface area contributed by atoms with Gasteiger partial charge in [0.15, 0.2) is 22.1 Å². The van der Waals surface area contributed by atoms with Crippen LogP contribution < -0.4 is 20.7 Å². The van der Waals surface area contributed by atoms with E-state index in [9.17, 15) is 0 Å². The molecule has 0 unspecified atom stereocenters. The second kappa shape index (κ2) is 8.88. The zero-order valence-corrected chi connectivity index (χ0v) is 19.0. The number of anilines is 2. The molecule has 0 spiro atoms. The van der Waals surface area contributed by atoms with E-state index in [1.807, 2.05) is 12.1 Å². The summed E-state index contributed by atoms with van der Waals surface area (Å²) in [5, 5.41) is 4.26. The Kier molecular flexibility index (Phi) is 5.81. The van der Waals surface area contributed by atoms with Gasteiger partial charge in [-0.2, -0.15) is 0 Å². The van der Waals surface area contributed by atoms with Crippen LogP contribution in [0.4, 0.5) is 11.5 Å². The minimum atomic E-state index is 0.394. The monoisotopic (exact) mass is 449 g/mol. The molecule has 166 valence electrons. The number of aryl methyl sites for hydroxylation is 1. The first-order valence-electron chi connectivity index (χ1n) is 11.0. The van der Waals surface area contributed by atoms with Crippen LogP contribution in [-0.2, 0) is 6.54 Å². The largest absolute Gasteiger partial charge is 0.490 e. The van der Waals surface area contributed by atoms with E-state index < -0.39 is 0 Å². The predicted octanol–water partition coefficient (Wildman–Crippen LogP) is 2.76. The number of nitrogens with two attached hydrogens (primary N) is 1. The van der Waals surface area contributed by atoms with Crippen LogP contribution in [0.5, 0.6) is 5.75 Å². The molecule has 32 heavy (non-hydrogen) atoms. The van der Waals surface area contributed by atoms with E-state index in [0.717, 1.165) is 65.3 Å². The van der Waals surface area contributed by atoms with Gasteiger partial charge in [-0.3, -0.25) is 0 Å². The van der Waals surface area contributed by atoms with E-state index >= 15 is 0 Å². The molecule has 1 saturated heterocycles. The summed E-state index contributed by atoms with van der Waals surface area (Å²) in [4.78, 5) is 16.6. The quantitative estimate of drug-likeness (QED) is 0.575. The van der Waals surface area contributed by atoms with E-state index in [-0.39, 0.29) is 0 Å². The Morgan fingerprint density at radius 2 is 2.16 bits per heavy atom. The van der Waals surface area contributed by atoms with Crippen molar-refractivity contribution in [3.63, 3.8) is 0 Å². The second-order valence-corrected chi connectivity index (χ2v) is 9.30. The highest BCUT2D eigenvalue weighted by molar-refractivity contribution is 7.99. The highest BCUT2D eigenvalue weighted by Gasteiger charge is 2.22. The number of nitrogens with zero attached hydrogens (tertiary/aromatic N) is 5. The van der Waals surface area contributed by atoms with Gasteiger partial charge in [0.1, 0.15) is 18.7 Å². The minimum Gasteiger partial charge on any atom is -0.490 e. The molecule has 3 aromatic rings. The van der Waals surface area contributed by atoms with Crippen LogP contribution in [-0.4, -0.2) is 52.8 Å². The molecule has 1 fully saturated rings. The fourth-order valence-corrected chi connectivity index (χ4v) is 5.38. The Balaban J connectivity index is 1.51. The Labute approximate surface area is 192 Å². The number of likely N-dealkylation sites (N-methyl/N-ethyl adjacent to an activating group) is 1. The maximum absolute atomic E-state index is 6.13. The fourth-order valence-electron chi connectivity index (χ4n) is 4.37. The molecule has 0 saturated carbocycles. The van der Waals surface area contributed by atoms with Crippen molar-refractivity contribution in [1.29, 1.82) is 0 Å². The first-order valence-corrected chi connectivity index (χ1v) is 11.8. The molecule has 4 heterocycles. The van der Waals surface area contributed by atoms with Gasteiger partial charge in [-0.05, 0) is 50.4 Å². The van der Waals surface area contributed by atoms with Gasteiger partial charge in [0, 0.05) is 24.1 Å². The number of imidazole rings is 1. The third-order valence-corrected chi connectivity index (χ3v) is 7.31. The number of fused-ring (bicyclic) bond motifs is 2. The number of terminal acetylenes is 1. The normalized spacial score (nSPS) is 16.6. The van der Waals surface area contributed by atoms with Crippen molar-refractivity contribution in [2.45, 2.75) is 35.9 Å². The predicted molar refractivity (Wildman–Crippen MR) is 127 cm³/mol. The topological polar surface area (TPSA) is 94.1 Å². The maximum Gasteiger partial charge on any atom is 0.175 e. The summed E-state index contributed by atoms with van der Waals surface area (Å²) >= 11 is 1.54. The van der Waals surface area contributed by atoms with Crippen LogP contribution >= 0.6 is 11.8 Å². The summed E-state index contributed by atoms with van der Waals surface area (Å²) in [6.07, 6.45) is 10.9. The first kappa shape index (κ1) is 20.9. The highest BCUT2D eigenvalue weighted by Crippen LogP contribution is 2.40. The molecule has 0 amide bonds. The van der Waals surface area contributed by atoms with Crippen LogP contribution in [0.2, 0.25) is 0 Å². The van der Waals surface area contributed by atoms with Gasteiger partial charge in [0.2, 0.25) is 0 Å². The number of hydrogen-bond donors (Lipinski definition) is 2. The number of hydrogen-bond acceptors (Lipinski definition) is 8. The molecular weight excluding hydrogens is 422 g/mol. The first-order chi connectivity index (χ1) is 15.6. The lowest BCUT2D eigenvalue weighted by Gasteiger charge is -2.28. The zero-order chi connectivity index (χ0) is 22.1. The van der Waals surface area contributed by atoms with Crippen LogP contribution in [0.1, 0.15) is 24.8 Å². The van der Waals surface area contributed by atoms with Gasteiger partial charge >= 0.3 is 0 Å². The molecule has 9 heteroatoms. The Hall–Kier alpha value is -2.96. The van der Waals surface area contributed by atoms with Gasteiger partial charge in [-0.15, -0.1) is 6.42 Å². The van der Waals surface area contributed by atoms with Gasteiger partial charge < -0.3 is 25.3 Å². The Morgan fingerprint density at radius 1 is 1.31 bits per heavy atom. The minimum absolute atomic E-state index is 0.394. The summed E-state index contributed by atoms with van der Waals surface area (Å²) in [5.74, 6) is 4.77. The average molecular weight is 450 g/mol. The second-order valence-electron chi connectivity index (χ2n) is 8.29. The van der Waals surface area contributed by atoms with Crippen molar-refractivity contribution in [3.8, 4) is 18.1 Å². The van der Waals surface area contributed by atoms with Gasteiger partial charge in [0.25, 0.3) is 0 Å². The van der Waals surface area contributed by atoms with Crippen LogP contribution in [0.25, 0.3) is 11.2 Å². The molecular formula is C23H27N7OS. The number of rotatable bonds is 5. The van der Waals surface area contributed by atoms with Crippen molar-refractivity contribution < 1.29 is 4.74 Å². The van der Waals surface area contributed by atoms with Gasteiger partial charge in [-0.25, -0.2) is 15.0 Å². The molecule has 1 aromatic carbocycles. The molecule has 3 N–H and O–H groups in total. The summed E-state index contributed by atoms with van der Waals surface area (Å²) in [6.45, 7) is 4.50. The van der Waals surface area contributed by atoms with Crippen molar-refractivity contribution >= 4 is 34.4 Å². The fraction of sp³-hybridized carbons (Fsp3) is 0.435. The Bertz CT molecular complexity index is 1180. The molecule has 0 radical (unpaired) electrons. The van der Waals surface area contributed by atoms with E-state index in [1.54, 1.807) is 0 Å². The van der Waals surface area contributed by atoms with E-state index in [2.05, 4.69) is 37.7 Å². The molecule has 5 rings (SSSR count). The molecule has 0 bridgehead atoms. The van der Waals surface area contributed by atoms with Crippen molar-refractivity contribution in [2.75, 3.05) is 43.9 Å². The third-order valence-electron chi connectivity index (χ3n) is 6.26. The van der Waals surface area contributed by atoms with Crippen molar-refractivity contribution in [3.05, 3.63) is 24.0 Å². The van der Waals surface area contributed by atoms with E-state index in [0.29, 0.717) is 23.9 Å². The number of benzene rings is 1. The lowest BCUT2D eigenvalue weighted by atomic mass is 9.95. The van der Waals surface area contributed by atoms with Crippen molar-refractivity contribution in [1.82, 2.24) is 24.8 Å². The van der Waals surface area contributed by atoms with Gasteiger partial charge in [0.05, 0.1) is 12.2 Å². The third kappa shape index (κ3) is 3.96.